The maximum atomic E-state index is 11.8. The van der Waals surface area contributed by atoms with Crippen LogP contribution >= 0.6 is 11.3 Å². The summed E-state index contributed by atoms with van der Waals surface area (Å²) in [4.78, 5) is 24.6. The number of methoxy groups -OCH3 is 1. The van der Waals surface area contributed by atoms with E-state index in [1.165, 1.54) is 23.3 Å². The maximum absolute atomic E-state index is 11.8. The van der Waals surface area contributed by atoms with Crippen molar-refractivity contribution in [1.29, 1.82) is 0 Å². The van der Waals surface area contributed by atoms with E-state index in [4.69, 9.17) is 0 Å². The lowest BCUT2D eigenvalue weighted by Crippen LogP contribution is -2.33. The molecule has 1 amide bonds. The highest BCUT2D eigenvalue weighted by Crippen LogP contribution is 2.10. The minimum absolute atomic E-state index is 0.0722. The van der Waals surface area contributed by atoms with Crippen molar-refractivity contribution >= 4 is 23.2 Å². The molecule has 0 radical (unpaired) electrons. The van der Waals surface area contributed by atoms with Crippen LogP contribution in [-0.4, -0.2) is 37.5 Å². The highest BCUT2D eigenvalue weighted by Gasteiger charge is 2.19. The number of hydrogen-bond acceptors (Lipinski definition) is 4. The van der Waals surface area contributed by atoms with E-state index in [9.17, 15) is 9.59 Å². The zero-order valence-corrected chi connectivity index (χ0v) is 10.4. The summed E-state index contributed by atoms with van der Waals surface area (Å²) in [5.41, 5.74) is 0.657. The first-order chi connectivity index (χ1) is 7.56. The zero-order valence-electron chi connectivity index (χ0n) is 9.60. The minimum atomic E-state index is -0.308. The second kappa shape index (κ2) is 5.65. The number of amides is 1. The summed E-state index contributed by atoms with van der Waals surface area (Å²) in [6.07, 6.45) is 0. The Morgan fingerprint density at radius 1 is 1.56 bits per heavy atom. The van der Waals surface area contributed by atoms with E-state index in [1.807, 2.05) is 5.38 Å². The van der Waals surface area contributed by atoms with Crippen molar-refractivity contribution in [3.05, 3.63) is 22.4 Å². The molecule has 1 atom stereocenters. The van der Waals surface area contributed by atoms with Crippen molar-refractivity contribution in [3.63, 3.8) is 0 Å². The second-order valence-electron chi connectivity index (χ2n) is 3.62. The van der Waals surface area contributed by atoms with Crippen molar-refractivity contribution < 1.29 is 14.3 Å². The lowest BCUT2D eigenvalue weighted by Gasteiger charge is -2.19. The van der Waals surface area contributed by atoms with Crippen LogP contribution in [0.5, 0.6) is 0 Å². The van der Waals surface area contributed by atoms with Crippen molar-refractivity contribution in [3.8, 4) is 0 Å². The summed E-state index contributed by atoms with van der Waals surface area (Å²) in [6.45, 7) is 2.10. The quantitative estimate of drug-likeness (QED) is 0.753. The fourth-order valence-electron chi connectivity index (χ4n) is 1.38. The first kappa shape index (κ1) is 12.7. The summed E-state index contributed by atoms with van der Waals surface area (Å²) in [6, 6.07) is 1.77. The highest BCUT2D eigenvalue weighted by molar-refractivity contribution is 7.08. The smallest absolute Gasteiger partial charge is 0.310 e. The predicted molar refractivity (Wildman–Crippen MR) is 62.5 cm³/mol. The van der Waals surface area contributed by atoms with Gasteiger partial charge >= 0.3 is 5.97 Å². The predicted octanol–water partition coefficient (Wildman–Crippen LogP) is 1.63. The third-order valence-corrected chi connectivity index (χ3v) is 2.95. The second-order valence-corrected chi connectivity index (χ2v) is 4.40. The summed E-state index contributed by atoms with van der Waals surface area (Å²) in [5.74, 6) is -0.681. The van der Waals surface area contributed by atoms with Crippen LogP contribution in [0.3, 0.4) is 0 Å². The fourth-order valence-corrected chi connectivity index (χ4v) is 2.01. The van der Waals surface area contributed by atoms with Crippen molar-refractivity contribution in [2.75, 3.05) is 20.7 Å². The van der Waals surface area contributed by atoms with Gasteiger partial charge in [0.2, 0.25) is 0 Å². The number of esters is 1. The molecule has 1 aromatic heterocycles. The first-order valence-corrected chi connectivity index (χ1v) is 5.86. The van der Waals surface area contributed by atoms with Gasteiger partial charge in [-0.25, -0.2) is 0 Å². The summed E-state index contributed by atoms with van der Waals surface area (Å²) in [5, 5.41) is 3.65. The number of rotatable bonds is 4. The van der Waals surface area contributed by atoms with Crippen molar-refractivity contribution in [2.24, 2.45) is 5.92 Å². The molecule has 0 spiro atoms. The molecule has 4 nitrogen and oxygen atoms in total. The number of carbonyl (C=O) groups is 2. The van der Waals surface area contributed by atoms with Gasteiger partial charge in [0.1, 0.15) is 0 Å². The van der Waals surface area contributed by atoms with Gasteiger partial charge in [0.05, 0.1) is 18.6 Å². The molecule has 1 unspecified atom stereocenters. The van der Waals surface area contributed by atoms with Crippen LogP contribution in [0.2, 0.25) is 0 Å². The van der Waals surface area contributed by atoms with Crippen LogP contribution in [-0.2, 0) is 9.53 Å². The van der Waals surface area contributed by atoms with E-state index in [1.54, 1.807) is 25.4 Å². The van der Waals surface area contributed by atoms with Gasteiger partial charge in [-0.15, -0.1) is 0 Å². The van der Waals surface area contributed by atoms with Gasteiger partial charge in [-0.1, -0.05) is 6.92 Å². The average molecular weight is 241 g/mol. The molecule has 0 aliphatic rings. The van der Waals surface area contributed by atoms with Crippen molar-refractivity contribution in [1.82, 2.24) is 4.90 Å². The van der Waals surface area contributed by atoms with E-state index in [0.29, 0.717) is 12.1 Å². The maximum Gasteiger partial charge on any atom is 0.310 e. The molecular weight excluding hydrogens is 226 g/mol. The number of thiophene rings is 1. The molecule has 1 rings (SSSR count). The summed E-state index contributed by atoms with van der Waals surface area (Å²) in [7, 11) is 3.03. The van der Waals surface area contributed by atoms with Gasteiger partial charge in [0.25, 0.3) is 5.91 Å². The Bertz CT molecular complexity index is 361. The normalized spacial score (nSPS) is 11.9. The molecule has 88 valence electrons. The van der Waals surface area contributed by atoms with E-state index < -0.39 is 0 Å². The molecule has 0 saturated heterocycles. The minimum Gasteiger partial charge on any atom is -0.469 e. The molecule has 5 heteroatoms. The Morgan fingerprint density at radius 2 is 2.25 bits per heavy atom. The molecular formula is C11H15NO3S. The number of ether oxygens (including phenoxy) is 1. The van der Waals surface area contributed by atoms with E-state index in [-0.39, 0.29) is 17.8 Å². The SMILES string of the molecule is COC(=O)C(C)CN(C)C(=O)c1ccsc1. The number of hydrogen-bond donors (Lipinski definition) is 0. The van der Waals surface area contributed by atoms with Crippen molar-refractivity contribution in [2.45, 2.75) is 6.92 Å². The largest absolute Gasteiger partial charge is 0.469 e. The summed E-state index contributed by atoms with van der Waals surface area (Å²) >= 11 is 1.48. The van der Waals surface area contributed by atoms with Crippen LogP contribution in [0.25, 0.3) is 0 Å². The van der Waals surface area contributed by atoms with Crippen LogP contribution in [0.15, 0.2) is 16.8 Å². The van der Waals surface area contributed by atoms with Gasteiger partial charge in [-0.05, 0) is 11.4 Å². The third-order valence-electron chi connectivity index (χ3n) is 2.27. The van der Waals surface area contributed by atoms with Crippen LogP contribution in [0.4, 0.5) is 0 Å². The Hall–Kier alpha value is -1.36. The molecule has 0 fully saturated rings. The first-order valence-electron chi connectivity index (χ1n) is 4.91. The van der Waals surface area contributed by atoms with Crippen LogP contribution < -0.4 is 0 Å². The fraction of sp³-hybridized carbons (Fsp3) is 0.455. The molecule has 0 aromatic carbocycles. The molecule has 0 aliphatic carbocycles. The Labute approximate surface area is 98.8 Å². The molecule has 0 N–H and O–H groups in total. The average Bonchev–Trinajstić information content (AvgIpc) is 2.79. The molecule has 0 saturated carbocycles. The third kappa shape index (κ3) is 3.06. The van der Waals surface area contributed by atoms with Crippen LogP contribution in [0, 0.1) is 5.92 Å². The number of nitrogens with zero attached hydrogens (tertiary/aromatic N) is 1. The van der Waals surface area contributed by atoms with Gasteiger partial charge in [-0.2, -0.15) is 11.3 Å². The summed E-state index contributed by atoms with van der Waals surface area (Å²) < 4.78 is 4.61. The van der Waals surface area contributed by atoms with E-state index in [0.717, 1.165) is 0 Å². The molecule has 16 heavy (non-hydrogen) atoms. The van der Waals surface area contributed by atoms with Gasteiger partial charge in [-0.3, -0.25) is 9.59 Å². The lowest BCUT2D eigenvalue weighted by atomic mass is 10.1. The van der Waals surface area contributed by atoms with E-state index in [2.05, 4.69) is 4.74 Å². The molecule has 0 bridgehead atoms. The topological polar surface area (TPSA) is 46.6 Å². The van der Waals surface area contributed by atoms with Gasteiger partial charge < -0.3 is 9.64 Å². The Morgan fingerprint density at radius 3 is 2.75 bits per heavy atom. The van der Waals surface area contributed by atoms with E-state index >= 15 is 0 Å². The Balaban J connectivity index is 2.56. The highest BCUT2D eigenvalue weighted by atomic mass is 32.1. The molecule has 1 aromatic rings. The lowest BCUT2D eigenvalue weighted by molar-refractivity contribution is -0.145. The molecule has 1 heterocycles. The monoisotopic (exact) mass is 241 g/mol. The molecule has 0 aliphatic heterocycles. The van der Waals surface area contributed by atoms with Gasteiger partial charge in [0.15, 0.2) is 0 Å². The number of carbonyl (C=O) groups excluding carboxylic acids is 2. The zero-order chi connectivity index (χ0) is 12.1. The van der Waals surface area contributed by atoms with Crippen LogP contribution in [0.1, 0.15) is 17.3 Å². The standard InChI is InChI=1S/C11H15NO3S/c1-8(11(14)15-3)6-12(2)10(13)9-4-5-16-7-9/h4-5,7-8H,6H2,1-3H3. The Kier molecular flexibility index (Phi) is 4.49. The van der Waals surface area contributed by atoms with Gasteiger partial charge in [0, 0.05) is 19.0 Å².